The minimum Gasteiger partial charge on any atom is -0.477 e. The summed E-state index contributed by atoms with van der Waals surface area (Å²) in [5.41, 5.74) is 0.805. The van der Waals surface area contributed by atoms with E-state index in [1.807, 2.05) is 17.5 Å². The summed E-state index contributed by atoms with van der Waals surface area (Å²) < 4.78 is 0. The van der Waals surface area contributed by atoms with Crippen LogP contribution in [0.4, 0.5) is 0 Å². The minimum absolute atomic E-state index is 0.0882. The van der Waals surface area contributed by atoms with Crippen molar-refractivity contribution >= 4 is 17.3 Å². The van der Waals surface area contributed by atoms with E-state index in [1.54, 1.807) is 17.4 Å². The Morgan fingerprint density at radius 2 is 2.24 bits per heavy atom. The maximum atomic E-state index is 11.0. The van der Waals surface area contributed by atoms with Crippen molar-refractivity contribution in [1.29, 1.82) is 0 Å². The van der Waals surface area contributed by atoms with Crippen LogP contribution in [0.3, 0.4) is 0 Å². The van der Waals surface area contributed by atoms with Gasteiger partial charge in [0.1, 0.15) is 5.82 Å². The highest BCUT2D eigenvalue weighted by Gasteiger charge is 2.28. The summed E-state index contributed by atoms with van der Waals surface area (Å²) in [6.07, 6.45) is 2.12. The van der Waals surface area contributed by atoms with Crippen LogP contribution in [-0.2, 0) is 0 Å². The number of thiophene rings is 1. The first-order valence-electron chi connectivity index (χ1n) is 5.40. The summed E-state index contributed by atoms with van der Waals surface area (Å²) >= 11 is 1.55. The average molecular weight is 246 g/mol. The van der Waals surface area contributed by atoms with Gasteiger partial charge in [0.15, 0.2) is 5.69 Å². The molecule has 3 rings (SSSR count). The van der Waals surface area contributed by atoms with Crippen LogP contribution >= 0.6 is 11.3 Å². The molecule has 0 bridgehead atoms. The zero-order chi connectivity index (χ0) is 11.8. The van der Waals surface area contributed by atoms with Gasteiger partial charge in [0.05, 0.1) is 10.6 Å². The Morgan fingerprint density at radius 1 is 1.41 bits per heavy atom. The third-order valence-electron chi connectivity index (χ3n) is 2.68. The summed E-state index contributed by atoms with van der Waals surface area (Å²) in [6.45, 7) is 0. The number of carbonyl (C=O) groups is 1. The zero-order valence-electron chi connectivity index (χ0n) is 8.96. The second-order valence-corrected chi connectivity index (χ2v) is 5.00. The Balaban J connectivity index is 2.11. The van der Waals surface area contributed by atoms with Crippen LogP contribution in [0, 0.1) is 0 Å². The van der Waals surface area contributed by atoms with E-state index >= 15 is 0 Å². The predicted octanol–water partition coefficient (Wildman–Crippen LogP) is 2.78. The zero-order valence-corrected chi connectivity index (χ0v) is 9.78. The second-order valence-electron chi connectivity index (χ2n) is 4.05. The number of carboxylic acid groups (broad SMARTS) is 1. The molecule has 2 aromatic heterocycles. The summed E-state index contributed by atoms with van der Waals surface area (Å²) in [6, 6.07) is 5.41. The molecule has 0 radical (unpaired) electrons. The largest absolute Gasteiger partial charge is 0.477 e. The van der Waals surface area contributed by atoms with E-state index in [0.717, 1.165) is 17.7 Å². The van der Waals surface area contributed by atoms with Crippen molar-refractivity contribution in [3.63, 3.8) is 0 Å². The van der Waals surface area contributed by atoms with Crippen molar-refractivity contribution in [2.45, 2.75) is 18.8 Å². The van der Waals surface area contributed by atoms with Crippen molar-refractivity contribution < 1.29 is 9.90 Å². The van der Waals surface area contributed by atoms with Crippen LogP contribution in [0.1, 0.15) is 35.1 Å². The quantitative estimate of drug-likeness (QED) is 0.904. The first-order chi connectivity index (χ1) is 8.24. The van der Waals surface area contributed by atoms with Gasteiger partial charge >= 0.3 is 5.97 Å². The minimum atomic E-state index is -0.993. The van der Waals surface area contributed by atoms with E-state index in [1.165, 1.54) is 0 Å². The van der Waals surface area contributed by atoms with Gasteiger partial charge in [-0.15, -0.1) is 11.3 Å². The van der Waals surface area contributed by atoms with Gasteiger partial charge in [-0.2, -0.15) is 0 Å². The summed E-state index contributed by atoms with van der Waals surface area (Å²) in [5, 5.41) is 11.0. The third-order valence-corrected chi connectivity index (χ3v) is 3.57. The molecular formula is C12H10N2O2S. The van der Waals surface area contributed by atoms with Crippen LogP contribution in [0.5, 0.6) is 0 Å². The molecule has 17 heavy (non-hydrogen) atoms. The first-order valence-corrected chi connectivity index (χ1v) is 6.28. The normalized spacial score (nSPS) is 14.8. The van der Waals surface area contributed by atoms with E-state index in [0.29, 0.717) is 17.4 Å². The lowest BCUT2D eigenvalue weighted by Crippen LogP contribution is -2.05. The standard InChI is InChI=1S/C12H10N2O2S/c15-12(16)9-6-8(10-2-1-5-17-10)13-11(14-9)7-3-4-7/h1-2,5-7H,3-4H2,(H,15,16). The number of aromatic nitrogens is 2. The molecule has 0 saturated heterocycles. The van der Waals surface area contributed by atoms with Gasteiger partial charge in [-0.25, -0.2) is 14.8 Å². The molecule has 1 saturated carbocycles. The molecular weight excluding hydrogens is 236 g/mol. The molecule has 1 aliphatic rings. The molecule has 0 spiro atoms. The number of hydrogen-bond acceptors (Lipinski definition) is 4. The molecule has 1 N–H and O–H groups in total. The smallest absolute Gasteiger partial charge is 0.354 e. The topological polar surface area (TPSA) is 63.1 Å². The number of nitrogens with zero attached hydrogens (tertiary/aromatic N) is 2. The van der Waals surface area contributed by atoms with Gasteiger partial charge in [0.2, 0.25) is 0 Å². The SMILES string of the molecule is O=C(O)c1cc(-c2cccs2)nc(C2CC2)n1. The van der Waals surface area contributed by atoms with E-state index < -0.39 is 5.97 Å². The highest BCUT2D eigenvalue weighted by molar-refractivity contribution is 7.13. The Hall–Kier alpha value is -1.75. The number of carboxylic acids is 1. The second kappa shape index (κ2) is 3.92. The fraction of sp³-hybridized carbons (Fsp3) is 0.250. The fourth-order valence-electron chi connectivity index (χ4n) is 1.65. The van der Waals surface area contributed by atoms with Crippen LogP contribution in [-0.4, -0.2) is 21.0 Å². The van der Waals surface area contributed by atoms with Gasteiger partial charge in [0.25, 0.3) is 0 Å². The van der Waals surface area contributed by atoms with Crippen molar-refractivity contribution in [3.8, 4) is 10.6 Å². The van der Waals surface area contributed by atoms with Gasteiger partial charge in [0, 0.05) is 5.92 Å². The Morgan fingerprint density at radius 3 is 2.82 bits per heavy atom. The van der Waals surface area contributed by atoms with Gasteiger partial charge < -0.3 is 5.11 Å². The van der Waals surface area contributed by atoms with Crippen LogP contribution < -0.4 is 0 Å². The molecule has 0 aliphatic heterocycles. The van der Waals surface area contributed by atoms with Crippen molar-refractivity contribution in [1.82, 2.24) is 9.97 Å². The number of aromatic carboxylic acids is 1. The molecule has 0 atom stereocenters. The monoisotopic (exact) mass is 246 g/mol. The summed E-state index contributed by atoms with van der Waals surface area (Å²) in [7, 11) is 0. The Bertz CT molecular complexity index is 562. The maximum Gasteiger partial charge on any atom is 0.354 e. The summed E-state index contributed by atoms with van der Waals surface area (Å²) in [5.74, 6) is 0.0356. The van der Waals surface area contributed by atoms with E-state index in [2.05, 4.69) is 9.97 Å². The molecule has 0 unspecified atom stereocenters. The molecule has 2 heterocycles. The highest BCUT2D eigenvalue weighted by Crippen LogP contribution is 2.39. The van der Waals surface area contributed by atoms with Crippen molar-refractivity contribution in [3.05, 3.63) is 35.1 Å². The fourth-order valence-corrected chi connectivity index (χ4v) is 2.34. The van der Waals surface area contributed by atoms with Crippen LogP contribution in [0.15, 0.2) is 23.6 Å². The molecule has 0 aromatic carbocycles. The van der Waals surface area contributed by atoms with E-state index in [4.69, 9.17) is 5.11 Å². The number of rotatable bonds is 3. The lowest BCUT2D eigenvalue weighted by atomic mass is 10.2. The van der Waals surface area contributed by atoms with Crippen LogP contribution in [0.25, 0.3) is 10.6 Å². The van der Waals surface area contributed by atoms with E-state index in [9.17, 15) is 4.79 Å². The lowest BCUT2D eigenvalue weighted by molar-refractivity contribution is 0.0690. The first kappa shape index (κ1) is 10.4. The van der Waals surface area contributed by atoms with Gasteiger partial charge in [-0.1, -0.05) is 6.07 Å². The highest BCUT2D eigenvalue weighted by atomic mass is 32.1. The molecule has 0 amide bonds. The third kappa shape index (κ3) is 2.06. The molecule has 5 heteroatoms. The van der Waals surface area contributed by atoms with Crippen LogP contribution in [0.2, 0.25) is 0 Å². The van der Waals surface area contributed by atoms with Crippen molar-refractivity contribution in [2.24, 2.45) is 0 Å². The Labute approximate surface area is 102 Å². The molecule has 1 aliphatic carbocycles. The molecule has 86 valence electrons. The lowest BCUT2D eigenvalue weighted by Gasteiger charge is -2.03. The molecule has 1 fully saturated rings. The van der Waals surface area contributed by atoms with Crippen molar-refractivity contribution in [2.75, 3.05) is 0 Å². The maximum absolute atomic E-state index is 11.0. The van der Waals surface area contributed by atoms with Gasteiger partial charge in [-0.3, -0.25) is 0 Å². The summed E-state index contributed by atoms with van der Waals surface area (Å²) in [4.78, 5) is 20.6. The number of hydrogen-bond donors (Lipinski definition) is 1. The Kier molecular flexibility index (Phi) is 2.40. The van der Waals surface area contributed by atoms with Gasteiger partial charge in [-0.05, 0) is 30.4 Å². The average Bonchev–Trinajstić information content (AvgIpc) is 3.04. The molecule has 4 nitrogen and oxygen atoms in total. The molecule has 2 aromatic rings. The predicted molar refractivity (Wildman–Crippen MR) is 64.3 cm³/mol. The van der Waals surface area contributed by atoms with E-state index in [-0.39, 0.29) is 5.69 Å².